The minimum atomic E-state index is -3.74. The zero-order chi connectivity index (χ0) is 19.2. The van der Waals surface area contributed by atoms with Crippen LogP contribution in [0.25, 0.3) is 16.9 Å². The lowest BCUT2D eigenvalue weighted by atomic mass is 10.1. The molecule has 1 N–H and O–H groups in total. The van der Waals surface area contributed by atoms with Gasteiger partial charge in [-0.25, -0.2) is 13.4 Å². The van der Waals surface area contributed by atoms with E-state index in [-0.39, 0.29) is 4.21 Å². The van der Waals surface area contributed by atoms with Gasteiger partial charge in [0, 0.05) is 11.8 Å². The summed E-state index contributed by atoms with van der Waals surface area (Å²) in [6.45, 7) is 1.92. The highest BCUT2D eigenvalue weighted by Gasteiger charge is 2.23. The summed E-state index contributed by atoms with van der Waals surface area (Å²) in [7, 11) is -3.74. The molecule has 0 amide bonds. The minimum Gasteiger partial charge on any atom is -0.285 e. The van der Waals surface area contributed by atoms with Crippen LogP contribution in [0.3, 0.4) is 0 Å². The van der Waals surface area contributed by atoms with E-state index >= 15 is 0 Å². The zero-order valence-corrected chi connectivity index (χ0v) is 17.1. The minimum absolute atomic E-state index is 0.227. The maximum atomic E-state index is 12.8. The molecule has 138 valence electrons. The topological polar surface area (TPSA) is 63.5 Å². The third-order valence-electron chi connectivity index (χ3n) is 4.03. The van der Waals surface area contributed by atoms with E-state index in [0.717, 1.165) is 16.9 Å². The number of pyridine rings is 1. The van der Waals surface area contributed by atoms with Gasteiger partial charge in [0.25, 0.3) is 10.0 Å². The monoisotopic (exact) mass is 437 g/mol. The van der Waals surface area contributed by atoms with Gasteiger partial charge < -0.3 is 0 Å². The van der Waals surface area contributed by atoms with Crippen LogP contribution >= 0.6 is 34.5 Å². The van der Waals surface area contributed by atoms with Crippen molar-refractivity contribution in [2.75, 3.05) is 4.72 Å². The second kappa shape index (κ2) is 6.83. The quantitative estimate of drug-likeness (QED) is 0.459. The molecule has 3 aromatic heterocycles. The van der Waals surface area contributed by atoms with Gasteiger partial charge in [0.1, 0.15) is 15.6 Å². The number of imidazole rings is 1. The number of hydrogen-bond donors (Lipinski definition) is 1. The first-order valence-electron chi connectivity index (χ1n) is 7.86. The van der Waals surface area contributed by atoms with Crippen LogP contribution in [0.5, 0.6) is 0 Å². The SMILES string of the molecule is Cc1cccn2c(NS(=O)(=O)c3cccs3)c(-c3ccc(Cl)c(Cl)c3)nc12. The predicted octanol–water partition coefficient (Wildman–Crippen LogP) is 5.48. The van der Waals surface area contributed by atoms with Gasteiger partial charge in [-0.2, -0.15) is 0 Å². The number of anilines is 1. The highest BCUT2D eigenvalue weighted by Crippen LogP contribution is 2.35. The Kier molecular flexibility index (Phi) is 4.63. The number of aryl methyl sites for hydroxylation is 1. The van der Waals surface area contributed by atoms with E-state index in [2.05, 4.69) is 9.71 Å². The van der Waals surface area contributed by atoms with Gasteiger partial charge in [-0.15, -0.1) is 11.3 Å². The summed E-state index contributed by atoms with van der Waals surface area (Å²) in [5.74, 6) is 0.348. The highest BCUT2D eigenvalue weighted by atomic mass is 35.5. The lowest BCUT2D eigenvalue weighted by molar-refractivity contribution is 0.603. The molecular formula is C18H13Cl2N3O2S2. The molecule has 5 nitrogen and oxygen atoms in total. The first kappa shape index (κ1) is 18.3. The van der Waals surface area contributed by atoms with Crippen LogP contribution in [0.4, 0.5) is 5.82 Å². The summed E-state index contributed by atoms with van der Waals surface area (Å²) in [5.41, 5.74) is 2.71. The molecule has 1 aromatic carbocycles. The van der Waals surface area contributed by atoms with E-state index in [1.807, 2.05) is 19.1 Å². The first-order chi connectivity index (χ1) is 12.9. The fourth-order valence-electron chi connectivity index (χ4n) is 2.74. The molecule has 4 rings (SSSR count). The molecular weight excluding hydrogens is 425 g/mol. The number of nitrogens with one attached hydrogen (secondary N) is 1. The van der Waals surface area contributed by atoms with Crippen LogP contribution in [0.1, 0.15) is 5.56 Å². The molecule has 27 heavy (non-hydrogen) atoms. The number of sulfonamides is 1. The second-order valence-corrected chi connectivity index (χ2v) is 9.53. The van der Waals surface area contributed by atoms with Crippen LogP contribution in [-0.2, 0) is 10.0 Å². The van der Waals surface area contributed by atoms with Crippen molar-refractivity contribution in [1.29, 1.82) is 0 Å². The molecule has 0 unspecified atom stereocenters. The maximum absolute atomic E-state index is 12.8. The molecule has 3 heterocycles. The number of rotatable bonds is 4. The molecule has 0 saturated carbocycles. The number of aromatic nitrogens is 2. The second-order valence-electron chi connectivity index (χ2n) is 5.86. The largest absolute Gasteiger partial charge is 0.285 e. The Morgan fingerprint density at radius 2 is 1.93 bits per heavy atom. The molecule has 0 bridgehead atoms. The Hall–Kier alpha value is -2.06. The van der Waals surface area contributed by atoms with Gasteiger partial charge in [-0.05, 0) is 42.1 Å². The molecule has 9 heteroatoms. The van der Waals surface area contributed by atoms with E-state index < -0.39 is 10.0 Å². The summed E-state index contributed by atoms with van der Waals surface area (Å²) >= 11 is 13.3. The van der Waals surface area contributed by atoms with Gasteiger partial charge in [0.15, 0.2) is 5.82 Å². The Morgan fingerprint density at radius 3 is 2.63 bits per heavy atom. The van der Waals surface area contributed by atoms with Gasteiger partial charge >= 0.3 is 0 Å². The summed E-state index contributed by atoms with van der Waals surface area (Å²) in [5, 5.41) is 2.50. The molecule has 0 aliphatic carbocycles. The first-order valence-corrected chi connectivity index (χ1v) is 11.0. The van der Waals surface area contributed by atoms with Crippen molar-refractivity contribution in [3.63, 3.8) is 0 Å². The predicted molar refractivity (Wildman–Crippen MR) is 111 cm³/mol. The lowest BCUT2D eigenvalue weighted by Crippen LogP contribution is -2.13. The fourth-order valence-corrected chi connectivity index (χ4v) is 5.09. The fraction of sp³-hybridized carbons (Fsp3) is 0.0556. The standard InChI is InChI=1S/C18H13Cl2N3O2S2/c1-11-4-2-8-23-17(11)21-16(12-6-7-13(19)14(20)10-12)18(23)22-27(24,25)15-5-3-9-26-15/h2-10,22H,1H3. The van der Waals surface area contributed by atoms with Crippen LogP contribution in [0.2, 0.25) is 10.0 Å². The molecule has 0 aliphatic rings. The number of halogens is 2. The third-order valence-corrected chi connectivity index (χ3v) is 7.50. The Labute approximate surface area is 170 Å². The highest BCUT2D eigenvalue weighted by molar-refractivity contribution is 7.94. The van der Waals surface area contributed by atoms with Gasteiger partial charge in [0.2, 0.25) is 0 Å². The smallest absolute Gasteiger partial charge is 0.272 e. The summed E-state index contributed by atoms with van der Waals surface area (Å²) in [4.78, 5) is 4.66. The van der Waals surface area contributed by atoms with Crippen LogP contribution in [0.15, 0.2) is 58.3 Å². The van der Waals surface area contributed by atoms with Crippen molar-refractivity contribution in [2.24, 2.45) is 0 Å². The third kappa shape index (κ3) is 3.32. The summed E-state index contributed by atoms with van der Waals surface area (Å²) < 4.78 is 30.2. The van der Waals surface area contributed by atoms with E-state index in [0.29, 0.717) is 32.8 Å². The van der Waals surface area contributed by atoms with Crippen molar-refractivity contribution >= 4 is 56.0 Å². The van der Waals surface area contributed by atoms with E-state index in [9.17, 15) is 8.42 Å². The van der Waals surface area contributed by atoms with Crippen molar-refractivity contribution in [1.82, 2.24) is 9.38 Å². The summed E-state index contributed by atoms with van der Waals surface area (Å²) in [6, 6.07) is 12.1. The normalized spacial score (nSPS) is 11.8. The van der Waals surface area contributed by atoms with Crippen LogP contribution in [-0.4, -0.2) is 17.8 Å². The van der Waals surface area contributed by atoms with E-state index in [1.165, 1.54) is 0 Å². The zero-order valence-electron chi connectivity index (χ0n) is 14.0. The van der Waals surface area contributed by atoms with Crippen molar-refractivity contribution in [3.8, 4) is 11.3 Å². The number of nitrogens with zero attached hydrogens (tertiary/aromatic N) is 2. The molecule has 0 radical (unpaired) electrons. The maximum Gasteiger partial charge on any atom is 0.272 e. The Morgan fingerprint density at radius 1 is 1.11 bits per heavy atom. The molecule has 0 fully saturated rings. The average molecular weight is 438 g/mol. The summed E-state index contributed by atoms with van der Waals surface area (Å²) in [6.07, 6.45) is 1.77. The van der Waals surface area contributed by atoms with Crippen molar-refractivity contribution < 1.29 is 8.42 Å². The Balaban J connectivity index is 1.95. The number of fused-ring (bicyclic) bond motifs is 1. The van der Waals surface area contributed by atoms with Crippen LogP contribution < -0.4 is 4.72 Å². The van der Waals surface area contributed by atoms with Gasteiger partial charge in [-0.3, -0.25) is 9.12 Å². The van der Waals surface area contributed by atoms with Gasteiger partial charge in [-0.1, -0.05) is 41.4 Å². The molecule has 0 spiro atoms. The molecule has 4 aromatic rings. The van der Waals surface area contributed by atoms with Crippen molar-refractivity contribution in [3.05, 3.63) is 69.7 Å². The van der Waals surface area contributed by atoms with Gasteiger partial charge in [0.05, 0.1) is 10.0 Å². The number of hydrogen-bond acceptors (Lipinski definition) is 4. The molecule has 0 saturated heterocycles. The van der Waals surface area contributed by atoms with Crippen molar-refractivity contribution in [2.45, 2.75) is 11.1 Å². The Bertz CT molecular complexity index is 1250. The average Bonchev–Trinajstić information content (AvgIpc) is 3.27. The van der Waals surface area contributed by atoms with E-state index in [1.54, 1.807) is 46.3 Å². The van der Waals surface area contributed by atoms with E-state index in [4.69, 9.17) is 23.2 Å². The molecule has 0 atom stereocenters. The number of benzene rings is 1. The number of thiophene rings is 1. The molecule has 0 aliphatic heterocycles. The lowest BCUT2D eigenvalue weighted by Gasteiger charge is -2.09. The van der Waals surface area contributed by atoms with Crippen LogP contribution in [0, 0.1) is 6.92 Å².